The summed E-state index contributed by atoms with van der Waals surface area (Å²) in [4.78, 5) is 15.5. The average molecular weight is 243 g/mol. The van der Waals surface area contributed by atoms with E-state index in [1.807, 2.05) is 0 Å². The van der Waals surface area contributed by atoms with Crippen molar-refractivity contribution in [2.24, 2.45) is 5.73 Å². The number of rotatable bonds is 2. The molecule has 2 atom stereocenters. The van der Waals surface area contributed by atoms with Gasteiger partial charge >= 0.3 is 0 Å². The second-order valence-electron chi connectivity index (χ2n) is 5.05. The number of likely N-dealkylation sites (tertiary alicyclic amines) is 2. The lowest BCUT2D eigenvalue weighted by Crippen LogP contribution is -2.45. The Morgan fingerprint density at radius 2 is 1.71 bits per heavy atom. The van der Waals surface area contributed by atoms with Gasteiger partial charge in [-0.2, -0.15) is 0 Å². The first-order chi connectivity index (χ1) is 8.06. The SMILES string of the molecule is NC1CCN(CC(=O)N2C[C@@H](O)[C@@H](O)C2)CC1. The van der Waals surface area contributed by atoms with Crippen molar-refractivity contribution in [1.29, 1.82) is 0 Å². The molecule has 0 bridgehead atoms. The van der Waals surface area contributed by atoms with Gasteiger partial charge in [0.15, 0.2) is 0 Å². The van der Waals surface area contributed by atoms with Gasteiger partial charge in [0.05, 0.1) is 18.8 Å². The smallest absolute Gasteiger partial charge is 0.236 e. The van der Waals surface area contributed by atoms with Crippen LogP contribution in [0.5, 0.6) is 0 Å². The van der Waals surface area contributed by atoms with Crippen LogP contribution in [0, 0.1) is 0 Å². The largest absolute Gasteiger partial charge is 0.388 e. The highest BCUT2D eigenvalue weighted by molar-refractivity contribution is 5.78. The van der Waals surface area contributed by atoms with E-state index in [1.54, 1.807) is 0 Å². The monoisotopic (exact) mass is 243 g/mol. The van der Waals surface area contributed by atoms with E-state index in [0.29, 0.717) is 6.54 Å². The number of carbonyl (C=O) groups excluding carboxylic acids is 1. The summed E-state index contributed by atoms with van der Waals surface area (Å²) >= 11 is 0. The molecule has 0 aromatic carbocycles. The Bertz CT molecular complexity index is 269. The lowest BCUT2D eigenvalue weighted by Gasteiger charge is -2.30. The van der Waals surface area contributed by atoms with Gasteiger partial charge < -0.3 is 20.8 Å². The summed E-state index contributed by atoms with van der Waals surface area (Å²) in [5.74, 6) is -0.0175. The molecule has 0 aliphatic carbocycles. The number of aliphatic hydroxyl groups excluding tert-OH is 2. The molecule has 6 nitrogen and oxygen atoms in total. The molecule has 2 saturated heterocycles. The number of nitrogens with two attached hydrogens (primary N) is 1. The third kappa shape index (κ3) is 3.16. The highest BCUT2D eigenvalue weighted by atomic mass is 16.3. The third-order valence-electron chi connectivity index (χ3n) is 3.60. The molecule has 17 heavy (non-hydrogen) atoms. The van der Waals surface area contributed by atoms with Crippen molar-refractivity contribution in [3.05, 3.63) is 0 Å². The van der Waals surface area contributed by atoms with Crippen molar-refractivity contribution >= 4 is 5.91 Å². The number of hydrogen-bond acceptors (Lipinski definition) is 5. The Morgan fingerprint density at radius 1 is 1.18 bits per heavy atom. The first kappa shape index (κ1) is 12.8. The Kier molecular flexibility index (Phi) is 3.98. The summed E-state index contributed by atoms with van der Waals surface area (Å²) in [6.45, 7) is 2.56. The maximum absolute atomic E-state index is 11.9. The molecule has 0 radical (unpaired) electrons. The fourth-order valence-electron chi connectivity index (χ4n) is 2.38. The second kappa shape index (κ2) is 5.30. The Morgan fingerprint density at radius 3 is 2.24 bits per heavy atom. The Labute approximate surface area is 101 Å². The lowest BCUT2D eigenvalue weighted by molar-refractivity contribution is -0.132. The fourth-order valence-corrected chi connectivity index (χ4v) is 2.38. The summed E-state index contributed by atoms with van der Waals surface area (Å²) in [6, 6.07) is 0.261. The maximum atomic E-state index is 11.9. The number of hydrogen-bond donors (Lipinski definition) is 3. The quantitative estimate of drug-likeness (QED) is 0.520. The third-order valence-corrected chi connectivity index (χ3v) is 3.60. The van der Waals surface area contributed by atoms with Crippen molar-refractivity contribution < 1.29 is 15.0 Å². The molecule has 1 amide bonds. The number of piperidine rings is 1. The van der Waals surface area contributed by atoms with Crippen LogP contribution in [-0.4, -0.2) is 76.9 Å². The first-order valence-electron chi connectivity index (χ1n) is 6.18. The normalized spacial score (nSPS) is 32.1. The van der Waals surface area contributed by atoms with Crippen molar-refractivity contribution in [2.75, 3.05) is 32.7 Å². The molecule has 0 aromatic rings. The molecular weight excluding hydrogens is 222 g/mol. The van der Waals surface area contributed by atoms with Crippen LogP contribution >= 0.6 is 0 Å². The molecule has 2 heterocycles. The number of nitrogens with zero attached hydrogens (tertiary/aromatic N) is 2. The average Bonchev–Trinajstić information content (AvgIpc) is 2.63. The van der Waals surface area contributed by atoms with Gasteiger partial charge in [-0.15, -0.1) is 0 Å². The van der Waals surface area contributed by atoms with E-state index in [9.17, 15) is 15.0 Å². The predicted octanol–water partition coefficient (Wildman–Crippen LogP) is -2.03. The van der Waals surface area contributed by atoms with Crippen LogP contribution < -0.4 is 5.73 Å². The van der Waals surface area contributed by atoms with Crippen molar-refractivity contribution in [1.82, 2.24) is 9.80 Å². The van der Waals surface area contributed by atoms with Gasteiger partial charge in [-0.25, -0.2) is 0 Å². The zero-order valence-electron chi connectivity index (χ0n) is 9.96. The second-order valence-corrected chi connectivity index (χ2v) is 5.05. The minimum Gasteiger partial charge on any atom is -0.388 e. The summed E-state index contributed by atoms with van der Waals surface area (Å²) in [5.41, 5.74) is 5.80. The van der Waals surface area contributed by atoms with Crippen molar-refractivity contribution in [3.63, 3.8) is 0 Å². The van der Waals surface area contributed by atoms with Crippen molar-refractivity contribution in [2.45, 2.75) is 31.1 Å². The number of aliphatic hydroxyl groups is 2. The topological polar surface area (TPSA) is 90.0 Å². The minimum absolute atomic E-state index is 0.0175. The zero-order valence-corrected chi connectivity index (χ0v) is 9.96. The summed E-state index contributed by atoms with van der Waals surface area (Å²) in [5, 5.41) is 18.8. The van der Waals surface area contributed by atoms with Gasteiger partial charge in [-0.05, 0) is 12.8 Å². The van der Waals surface area contributed by atoms with Crippen LogP contribution in [0.15, 0.2) is 0 Å². The summed E-state index contributed by atoms with van der Waals surface area (Å²) in [6.07, 6.45) is 0.263. The van der Waals surface area contributed by atoms with Crippen LogP contribution in [-0.2, 0) is 4.79 Å². The van der Waals surface area contributed by atoms with E-state index in [2.05, 4.69) is 4.90 Å². The molecule has 2 aliphatic rings. The molecule has 2 fully saturated rings. The standard InChI is InChI=1S/C11H21N3O3/c12-8-1-3-13(4-2-8)7-11(17)14-5-9(15)10(16)6-14/h8-10,15-16H,1-7,12H2/t9-,10+. The zero-order chi connectivity index (χ0) is 12.4. The molecule has 4 N–H and O–H groups in total. The molecule has 98 valence electrons. The van der Waals surface area contributed by atoms with E-state index < -0.39 is 12.2 Å². The summed E-state index contributed by atoms with van der Waals surface area (Å²) < 4.78 is 0. The Balaban J connectivity index is 1.78. The highest BCUT2D eigenvalue weighted by Crippen LogP contribution is 2.12. The van der Waals surface area contributed by atoms with Crippen LogP contribution in [0.1, 0.15) is 12.8 Å². The predicted molar refractivity (Wildman–Crippen MR) is 62.2 cm³/mol. The van der Waals surface area contributed by atoms with Crippen LogP contribution in [0.25, 0.3) is 0 Å². The molecule has 2 rings (SSSR count). The molecule has 6 heteroatoms. The van der Waals surface area contributed by atoms with E-state index in [4.69, 9.17) is 5.73 Å². The number of β-amino-alcohol motifs (C(OH)–C–C–N with tert-alkyl or cyclic N) is 2. The minimum atomic E-state index is -0.797. The van der Waals surface area contributed by atoms with E-state index in [-0.39, 0.29) is 25.0 Å². The molecule has 2 aliphatic heterocycles. The van der Waals surface area contributed by atoms with E-state index in [0.717, 1.165) is 25.9 Å². The molecule has 0 saturated carbocycles. The molecule has 0 aromatic heterocycles. The lowest BCUT2D eigenvalue weighted by atomic mass is 10.1. The Hall–Kier alpha value is -0.690. The van der Waals surface area contributed by atoms with E-state index in [1.165, 1.54) is 4.90 Å². The maximum Gasteiger partial charge on any atom is 0.236 e. The molecule has 0 spiro atoms. The summed E-state index contributed by atoms with van der Waals surface area (Å²) in [7, 11) is 0. The van der Waals surface area contributed by atoms with Gasteiger partial charge in [-0.1, -0.05) is 0 Å². The molecule has 0 unspecified atom stereocenters. The number of carbonyl (C=O) groups is 1. The highest BCUT2D eigenvalue weighted by Gasteiger charge is 2.33. The molecular formula is C11H21N3O3. The van der Waals surface area contributed by atoms with Gasteiger partial charge in [0.2, 0.25) is 5.91 Å². The van der Waals surface area contributed by atoms with Crippen LogP contribution in [0.4, 0.5) is 0 Å². The first-order valence-corrected chi connectivity index (χ1v) is 6.18. The van der Waals surface area contributed by atoms with Crippen LogP contribution in [0.3, 0.4) is 0 Å². The number of amides is 1. The van der Waals surface area contributed by atoms with E-state index >= 15 is 0 Å². The van der Waals surface area contributed by atoms with Gasteiger partial charge in [0.25, 0.3) is 0 Å². The van der Waals surface area contributed by atoms with Gasteiger partial charge in [-0.3, -0.25) is 9.69 Å². The van der Waals surface area contributed by atoms with Crippen LogP contribution in [0.2, 0.25) is 0 Å². The fraction of sp³-hybridized carbons (Fsp3) is 0.909. The van der Waals surface area contributed by atoms with Crippen molar-refractivity contribution in [3.8, 4) is 0 Å². The van der Waals surface area contributed by atoms with Gasteiger partial charge in [0, 0.05) is 32.2 Å². The van der Waals surface area contributed by atoms with Gasteiger partial charge in [0.1, 0.15) is 0 Å².